The van der Waals surface area contributed by atoms with Crippen molar-refractivity contribution < 1.29 is 0 Å². The summed E-state index contributed by atoms with van der Waals surface area (Å²) in [5.41, 5.74) is -6.80. The molecule has 0 rings (SSSR count). The van der Waals surface area contributed by atoms with Crippen LogP contribution < -0.4 is 0 Å². The van der Waals surface area contributed by atoms with E-state index in [1.54, 1.807) is 0 Å². The van der Waals surface area contributed by atoms with Crippen molar-refractivity contribution in [2.24, 2.45) is 0 Å². The summed E-state index contributed by atoms with van der Waals surface area (Å²) in [7, 11) is -3.15. The van der Waals surface area contributed by atoms with E-state index >= 15 is 0 Å². The van der Waals surface area contributed by atoms with Crippen LogP contribution in [-0.4, -0.2) is 51.8 Å². The highest BCUT2D eigenvalue weighted by molar-refractivity contribution is 8.16. The molecule has 0 bridgehead atoms. The molecule has 2 nitrogen and oxygen atoms in total. The van der Waals surface area contributed by atoms with Gasteiger partial charge in [-0.3, -0.25) is 9.13 Å². The Labute approximate surface area is 172 Å². The molecule has 0 aromatic rings. The van der Waals surface area contributed by atoms with E-state index in [1.807, 2.05) is 0 Å². The first kappa shape index (κ1) is 25.3. The number of nitrogens with zero attached hydrogens (tertiary/aromatic N) is 2. The minimum absolute atomic E-state index is 0.143. The Morgan fingerprint density at radius 3 is 0.870 bits per heavy atom. The Bertz CT molecular complexity index is 351. The van der Waals surface area contributed by atoms with Gasteiger partial charge in [-0.15, -0.1) is 66.5 Å². The monoisotopic (exact) mass is 494 g/mol. The Balaban J connectivity index is 6.61. The highest BCUT2D eigenvalue weighted by atomic mass is 35.9. The molecule has 0 saturated carbocycles. The Kier molecular flexibility index (Phi) is 9.90. The van der Waals surface area contributed by atoms with Crippen molar-refractivity contribution in [1.82, 2.24) is 9.13 Å². The first-order valence-corrected chi connectivity index (χ1v) is 21.7. The van der Waals surface area contributed by atoms with Crippen molar-refractivity contribution in [2.75, 3.05) is 0 Å². The van der Waals surface area contributed by atoms with Crippen LogP contribution in [0.3, 0.4) is 0 Å². The third-order valence-electron chi connectivity index (χ3n) is 3.67. The molecule has 0 fully saturated rings. The SMILES string of the molecule is CC(C)N(C(C)C)[Si](Cl)(N(C(C)C)C(C)C)[Si](Cl)(Cl)[Si](Cl)(Cl)Cl. The van der Waals surface area contributed by atoms with E-state index in [4.69, 9.17) is 66.5 Å². The van der Waals surface area contributed by atoms with Crippen LogP contribution >= 0.6 is 66.5 Å². The number of hydrogen-bond donors (Lipinski definition) is 0. The van der Waals surface area contributed by atoms with Gasteiger partial charge in [0.15, 0.2) is 0 Å². The lowest BCUT2D eigenvalue weighted by Crippen LogP contribution is -2.82. The zero-order valence-electron chi connectivity index (χ0n) is 15.0. The maximum atomic E-state index is 7.40. The Morgan fingerprint density at radius 2 is 0.739 bits per heavy atom. The van der Waals surface area contributed by atoms with Crippen LogP contribution in [0.2, 0.25) is 0 Å². The maximum Gasteiger partial charge on any atom is 0.360 e. The highest BCUT2D eigenvalue weighted by Gasteiger charge is 2.74. The summed E-state index contributed by atoms with van der Waals surface area (Å²) in [5, 5.41) is 0. The fraction of sp³-hybridized carbons (Fsp3) is 1.00. The van der Waals surface area contributed by atoms with Gasteiger partial charge in [0.1, 0.15) is 0 Å². The van der Waals surface area contributed by atoms with Crippen LogP contribution in [-0.2, 0) is 0 Å². The van der Waals surface area contributed by atoms with E-state index < -0.39 is 18.5 Å². The van der Waals surface area contributed by atoms with E-state index in [2.05, 4.69) is 64.5 Å². The summed E-state index contributed by atoms with van der Waals surface area (Å²) in [4.78, 5) is 0. The van der Waals surface area contributed by atoms with Crippen LogP contribution in [0.5, 0.6) is 0 Å². The van der Waals surface area contributed by atoms with Crippen LogP contribution in [0.15, 0.2) is 0 Å². The first-order chi connectivity index (χ1) is 10.0. The third kappa shape index (κ3) is 5.18. The van der Waals surface area contributed by atoms with Gasteiger partial charge in [-0.25, -0.2) is 0 Å². The van der Waals surface area contributed by atoms with Crippen molar-refractivity contribution in [3.8, 4) is 0 Å². The molecular formula is C12H28Cl6N2Si3. The molecule has 11 heteroatoms. The average molecular weight is 497 g/mol. The van der Waals surface area contributed by atoms with E-state index in [-0.39, 0.29) is 24.2 Å². The van der Waals surface area contributed by atoms with E-state index in [0.717, 1.165) is 0 Å². The van der Waals surface area contributed by atoms with Crippen molar-refractivity contribution >= 4 is 84.9 Å². The Morgan fingerprint density at radius 1 is 0.522 bits per heavy atom. The summed E-state index contributed by atoms with van der Waals surface area (Å²) in [6.07, 6.45) is 0. The van der Waals surface area contributed by atoms with E-state index in [0.29, 0.717) is 0 Å². The van der Waals surface area contributed by atoms with Crippen molar-refractivity contribution in [1.29, 1.82) is 0 Å². The molecule has 0 aliphatic heterocycles. The van der Waals surface area contributed by atoms with Gasteiger partial charge < -0.3 is 0 Å². The largest absolute Gasteiger partial charge is 0.360 e. The van der Waals surface area contributed by atoms with Gasteiger partial charge in [-0.2, -0.15) is 0 Å². The quantitative estimate of drug-likeness (QED) is 0.294. The molecule has 0 aromatic carbocycles. The van der Waals surface area contributed by atoms with Crippen LogP contribution in [0.25, 0.3) is 0 Å². The summed E-state index contributed by atoms with van der Waals surface area (Å²) < 4.78 is 4.44. The molecule has 0 atom stereocenters. The second kappa shape index (κ2) is 9.00. The van der Waals surface area contributed by atoms with Gasteiger partial charge in [-0.1, -0.05) is 55.4 Å². The number of rotatable bonds is 8. The fourth-order valence-electron chi connectivity index (χ4n) is 3.20. The molecule has 0 aliphatic rings. The molecule has 0 aliphatic carbocycles. The molecule has 140 valence electrons. The lowest BCUT2D eigenvalue weighted by molar-refractivity contribution is 0.225. The van der Waals surface area contributed by atoms with Crippen molar-refractivity contribution in [3.05, 3.63) is 0 Å². The van der Waals surface area contributed by atoms with Crippen molar-refractivity contribution in [2.45, 2.75) is 79.6 Å². The summed E-state index contributed by atoms with van der Waals surface area (Å²) in [6, 6.07) is 0.574. The molecule has 0 N–H and O–H groups in total. The molecule has 23 heavy (non-hydrogen) atoms. The molecule has 0 spiro atoms. The van der Waals surface area contributed by atoms with E-state index in [9.17, 15) is 0 Å². The molecule has 0 saturated heterocycles. The summed E-state index contributed by atoms with van der Waals surface area (Å²) >= 11 is 40.3. The second-order valence-electron chi connectivity index (χ2n) is 6.85. The molecule has 0 unspecified atom stereocenters. The van der Waals surface area contributed by atoms with Gasteiger partial charge in [0, 0.05) is 0 Å². The molecular weight excluding hydrogens is 469 g/mol. The van der Waals surface area contributed by atoms with Crippen LogP contribution in [0, 0.1) is 0 Å². The minimum Gasteiger partial charge on any atom is -0.296 e. The van der Waals surface area contributed by atoms with Gasteiger partial charge in [0.05, 0.1) is 0 Å². The number of hydrogen-bond acceptors (Lipinski definition) is 2. The Hall–Kier alpha value is 2.31. The van der Waals surface area contributed by atoms with Crippen LogP contribution in [0.1, 0.15) is 55.4 Å². The molecule has 0 amide bonds. The predicted molar refractivity (Wildman–Crippen MR) is 117 cm³/mol. The zero-order valence-corrected chi connectivity index (χ0v) is 22.5. The number of halogens is 6. The lowest BCUT2D eigenvalue weighted by atomic mass is 10.3. The smallest absolute Gasteiger partial charge is 0.296 e. The average Bonchev–Trinajstić information content (AvgIpc) is 2.23. The first-order valence-electron chi connectivity index (χ1n) is 7.73. The summed E-state index contributed by atoms with van der Waals surface area (Å²) in [6.45, 7) is 16.7. The second-order valence-corrected chi connectivity index (χ2v) is 41.6. The topological polar surface area (TPSA) is 6.48 Å². The highest BCUT2D eigenvalue weighted by Crippen LogP contribution is 2.49. The van der Waals surface area contributed by atoms with Gasteiger partial charge >= 0.3 is 18.5 Å². The van der Waals surface area contributed by atoms with Gasteiger partial charge in [0.25, 0.3) is 0 Å². The normalized spacial score (nSPS) is 15.1. The molecule has 0 radical (unpaired) electrons. The van der Waals surface area contributed by atoms with Gasteiger partial charge in [0.2, 0.25) is 0 Å². The fourth-order valence-corrected chi connectivity index (χ4v) is 43.2. The van der Waals surface area contributed by atoms with Gasteiger partial charge in [-0.05, 0) is 24.2 Å². The zero-order chi connectivity index (χ0) is 19.0. The maximum absolute atomic E-state index is 7.40. The third-order valence-corrected chi connectivity index (χ3v) is 55.1. The predicted octanol–water partition coefficient (Wildman–Crippen LogP) is 6.13. The molecule has 0 aromatic heterocycles. The van der Waals surface area contributed by atoms with Crippen LogP contribution in [0.4, 0.5) is 0 Å². The van der Waals surface area contributed by atoms with E-state index in [1.165, 1.54) is 0 Å². The lowest BCUT2D eigenvalue weighted by Gasteiger charge is -2.55. The summed E-state index contributed by atoms with van der Waals surface area (Å²) in [5.74, 6) is 0. The standard InChI is InChI=1S/C12H28Cl6N2Si3/c1-9(2)19(10(3)4)23(18,20(11(5)6)12(7)8)22(16,17)21(13,14)15/h9-12H,1-8H3. The van der Waals surface area contributed by atoms with Crippen molar-refractivity contribution in [3.63, 3.8) is 0 Å². The molecule has 0 heterocycles. The minimum atomic E-state index is -3.40.